The quantitative estimate of drug-likeness (QED) is 0.149. The van der Waals surface area contributed by atoms with E-state index >= 15 is 4.79 Å². The number of amides is 2. The number of anilines is 1. The van der Waals surface area contributed by atoms with Crippen LogP contribution >= 0.6 is 0 Å². The van der Waals surface area contributed by atoms with Gasteiger partial charge in [-0.1, -0.05) is 51.1 Å². The van der Waals surface area contributed by atoms with Crippen molar-refractivity contribution in [2.45, 2.75) is 78.4 Å². The van der Waals surface area contributed by atoms with Crippen molar-refractivity contribution >= 4 is 37.4 Å². The molecule has 0 fully saturated rings. The second kappa shape index (κ2) is 14.0. The Kier molecular flexibility index (Phi) is 8.99. The van der Waals surface area contributed by atoms with Crippen molar-refractivity contribution in [2.24, 2.45) is 0 Å². The van der Waals surface area contributed by atoms with Crippen molar-refractivity contribution in [1.29, 1.82) is 0 Å². The van der Waals surface area contributed by atoms with Crippen LogP contribution in [0.5, 0.6) is 17.2 Å². The first-order chi connectivity index (χ1) is 27.8. The van der Waals surface area contributed by atoms with Crippen LogP contribution in [0.15, 0.2) is 104 Å². The number of pyridine rings is 1. The number of fused-ring (bicyclic) bond motifs is 4. The van der Waals surface area contributed by atoms with Gasteiger partial charge in [0.25, 0.3) is 11.8 Å². The lowest BCUT2D eigenvalue weighted by Gasteiger charge is -2.37. The molecule has 6 heterocycles. The normalized spacial score (nSPS) is 16.0. The van der Waals surface area contributed by atoms with Gasteiger partial charge >= 0.3 is 0 Å². The van der Waals surface area contributed by atoms with Gasteiger partial charge in [0, 0.05) is 30.5 Å². The zero-order valence-electron chi connectivity index (χ0n) is 34.0. The van der Waals surface area contributed by atoms with Crippen LogP contribution < -0.4 is 18.9 Å². The van der Waals surface area contributed by atoms with Gasteiger partial charge < -0.3 is 23.2 Å². The minimum Gasteiger partial charge on any atom is -0.544 e. The van der Waals surface area contributed by atoms with E-state index in [4.69, 9.17) is 13.9 Å². The average Bonchev–Trinajstić information content (AvgIpc) is 3.93. The van der Waals surface area contributed by atoms with E-state index in [9.17, 15) is 4.79 Å². The first kappa shape index (κ1) is 37.3. The molecule has 12 heteroatoms. The maximum absolute atomic E-state index is 15.3. The lowest BCUT2D eigenvalue weighted by Crippen LogP contribution is -2.46. The molecule has 3 aromatic heterocycles. The second-order valence-electron chi connectivity index (χ2n) is 17.0. The van der Waals surface area contributed by atoms with Crippen LogP contribution in [0.25, 0.3) is 22.9 Å². The Balaban J connectivity index is 1.14. The molecule has 11 nitrogen and oxygen atoms in total. The molecule has 58 heavy (non-hydrogen) atoms. The summed E-state index contributed by atoms with van der Waals surface area (Å²) in [7, 11) is -2.10. The summed E-state index contributed by atoms with van der Waals surface area (Å²) in [6.45, 7) is 16.1. The topological polar surface area (TPSA) is 93.8 Å². The van der Waals surface area contributed by atoms with Crippen molar-refractivity contribution in [2.75, 3.05) is 11.8 Å². The summed E-state index contributed by atoms with van der Waals surface area (Å²) in [4.78, 5) is 32.0. The van der Waals surface area contributed by atoms with Gasteiger partial charge in [0.15, 0.2) is 11.5 Å². The molecule has 0 spiro atoms. The van der Waals surface area contributed by atoms with Crippen LogP contribution in [0.1, 0.15) is 70.8 Å². The first-order valence-electron chi connectivity index (χ1n) is 19.8. The molecule has 0 aliphatic carbocycles. The summed E-state index contributed by atoms with van der Waals surface area (Å²) in [6, 6.07) is 27.4. The summed E-state index contributed by atoms with van der Waals surface area (Å²) in [5.41, 5.74) is 8.08. The number of benzene rings is 3. The van der Waals surface area contributed by atoms with Crippen molar-refractivity contribution < 1.29 is 23.5 Å². The molecule has 6 aromatic rings. The third kappa shape index (κ3) is 6.41. The van der Waals surface area contributed by atoms with Gasteiger partial charge in [0.1, 0.15) is 12.4 Å². The van der Waals surface area contributed by atoms with Gasteiger partial charge in [-0.05, 0) is 116 Å². The molecule has 0 saturated heterocycles. The van der Waals surface area contributed by atoms with E-state index in [0.717, 1.165) is 29.0 Å². The van der Waals surface area contributed by atoms with Crippen molar-refractivity contribution in [3.8, 4) is 28.5 Å². The summed E-state index contributed by atoms with van der Waals surface area (Å²) in [5, 5.41) is 8.20. The third-order valence-electron chi connectivity index (χ3n) is 12.2. The maximum Gasteiger partial charge on any atom is 0.279 e. The van der Waals surface area contributed by atoms with Gasteiger partial charge in [-0.2, -0.15) is 5.10 Å². The van der Waals surface area contributed by atoms with E-state index in [-0.39, 0.29) is 29.7 Å². The molecule has 3 aliphatic heterocycles. The fraction of sp³-hybridized carbons (Fsp3) is 0.283. The summed E-state index contributed by atoms with van der Waals surface area (Å²) >= 11 is 0. The average molecular weight is 793 g/mol. The number of hydrazine groups is 1. The fourth-order valence-corrected chi connectivity index (χ4v) is 8.89. The lowest BCUT2D eigenvalue weighted by molar-refractivity contribution is 0.0658. The fourth-order valence-electron chi connectivity index (χ4n) is 7.86. The monoisotopic (exact) mass is 792 g/mol. The predicted octanol–water partition coefficient (Wildman–Crippen LogP) is 9.32. The highest BCUT2D eigenvalue weighted by Crippen LogP contribution is 2.42. The minimum atomic E-state index is -2.10. The van der Waals surface area contributed by atoms with Crippen LogP contribution in [0.3, 0.4) is 0 Å². The molecule has 296 valence electrons. The van der Waals surface area contributed by atoms with E-state index < -0.39 is 8.32 Å². The zero-order chi connectivity index (χ0) is 40.5. The Bertz CT molecular complexity index is 2620. The van der Waals surface area contributed by atoms with Crippen LogP contribution in [0.2, 0.25) is 18.1 Å². The number of hydrogen-bond donors (Lipinski definition) is 0. The van der Waals surface area contributed by atoms with E-state index in [1.54, 1.807) is 11.1 Å². The smallest absolute Gasteiger partial charge is 0.279 e. The van der Waals surface area contributed by atoms with E-state index in [0.29, 0.717) is 58.3 Å². The number of hydrogen-bond acceptors (Lipinski definition) is 7. The van der Waals surface area contributed by atoms with Crippen molar-refractivity contribution in [3.63, 3.8) is 0 Å². The Morgan fingerprint density at radius 1 is 0.914 bits per heavy atom. The number of aromatic nitrogens is 3. The number of carbonyl (C=O) groups excluding carboxylic acids is 2. The molecular weight excluding hydrogens is 745 g/mol. The highest BCUT2D eigenvalue weighted by molar-refractivity contribution is 6.74. The Hall–Kier alpha value is -6.27. The number of carbonyl (C=O) groups is 2. The second-order valence-corrected chi connectivity index (χ2v) is 21.7. The Labute approximate surface area is 339 Å². The molecule has 0 bridgehead atoms. The molecule has 0 N–H and O–H groups in total. The molecule has 3 aliphatic rings. The van der Waals surface area contributed by atoms with Gasteiger partial charge in [-0.3, -0.25) is 14.6 Å². The van der Waals surface area contributed by atoms with E-state index in [1.165, 1.54) is 5.56 Å². The highest BCUT2D eigenvalue weighted by atomic mass is 28.4. The molecule has 9 rings (SSSR count). The molecular formula is C46H48N6O5Si. The minimum absolute atomic E-state index is 0.0224. The Morgan fingerprint density at radius 3 is 2.40 bits per heavy atom. The predicted molar refractivity (Wildman–Crippen MR) is 227 cm³/mol. The lowest BCUT2D eigenvalue weighted by atomic mass is 9.93. The number of aryl methyl sites for hydroxylation is 1. The molecule has 2 amide bonds. The first-order valence-corrected chi connectivity index (χ1v) is 22.7. The highest BCUT2D eigenvalue weighted by Gasteiger charge is 2.39. The third-order valence-corrected chi connectivity index (χ3v) is 16.5. The number of nitrogens with zero attached hydrogens (tertiary/aromatic N) is 6. The molecule has 1 atom stereocenters. The maximum atomic E-state index is 15.3. The van der Waals surface area contributed by atoms with Crippen LogP contribution in [-0.4, -0.2) is 57.1 Å². The van der Waals surface area contributed by atoms with Gasteiger partial charge in [0.05, 0.1) is 39.9 Å². The molecule has 0 unspecified atom stereocenters. The SMILES string of the molecule is Cc1cnn2c1C=CN(N(C(=O)c1cc(-c3cc4c(cc3C(=O)N3Cc5ccccc5C[C@H]3C)OCO4)n3ccccc13)c1ccc(O[Si](C)(C)C(C)(C)C)cc1)C2. The molecule has 3 aromatic carbocycles. The number of rotatable bonds is 7. The largest absolute Gasteiger partial charge is 0.544 e. The summed E-state index contributed by atoms with van der Waals surface area (Å²) in [5.74, 6) is 1.48. The van der Waals surface area contributed by atoms with Gasteiger partial charge in [-0.25, -0.2) is 9.69 Å². The molecule has 0 saturated carbocycles. The van der Waals surface area contributed by atoms with Crippen molar-refractivity contribution in [3.05, 3.63) is 137 Å². The van der Waals surface area contributed by atoms with E-state index in [1.807, 2.05) is 117 Å². The summed E-state index contributed by atoms with van der Waals surface area (Å²) < 4.78 is 22.2. The van der Waals surface area contributed by atoms with Crippen LogP contribution in [-0.2, 0) is 19.6 Å². The van der Waals surface area contributed by atoms with E-state index in [2.05, 4.69) is 58.0 Å². The van der Waals surface area contributed by atoms with Gasteiger partial charge in [-0.15, -0.1) is 0 Å². The molecule has 0 radical (unpaired) electrons. The van der Waals surface area contributed by atoms with Crippen LogP contribution in [0, 0.1) is 6.92 Å². The van der Waals surface area contributed by atoms with Crippen LogP contribution in [0.4, 0.5) is 5.69 Å². The zero-order valence-corrected chi connectivity index (χ0v) is 35.0. The standard InChI is InChI=1S/C46H48N6O5Si/c1-30-26-47-51-28-48(21-19-39(30)51)52(34-15-17-35(18-16-34)57-58(6,7)46(3,4)5)45(54)38-23-41(49-20-11-10-14-40(38)49)36-24-42-43(56-29-55-42)25-37(36)44(53)50-27-33-13-9-8-12-32(33)22-31(50)2/h8-21,23-26,31H,22,27-29H2,1-7H3/t31-/m1/s1. The Morgan fingerprint density at radius 2 is 1.64 bits per heavy atom. The summed E-state index contributed by atoms with van der Waals surface area (Å²) in [6.07, 6.45) is 8.43. The van der Waals surface area contributed by atoms with Crippen molar-refractivity contribution in [1.82, 2.24) is 24.1 Å². The van der Waals surface area contributed by atoms with Gasteiger partial charge in [0.2, 0.25) is 15.1 Å². The number of ether oxygens (including phenoxy) is 2.